The molecule has 0 aliphatic rings. The molecule has 1 aromatic carbocycles. The monoisotopic (exact) mass is 331 g/mol. The fourth-order valence-corrected chi connectivity index (χ4v) is 2.32. The summed E-state index contributed by atoms with van der Waals surface area (Å²) in [6.45, 7) is 2.07. The SMILES string of the molecule is Cc1nnc(NC(=O)c2ccc(OCc3nnnn3C)cc2)s1. The van der Waals surface area contributed by atoms with Gasteiger partial charge in [0.15, 0.2) is 5.82 Å². The standard InChI is InChI=1S/C13H13N7O2S/c1-8-15-17-13(23-8)14-12(21)9-3-5-10(6-4-9)22-7-11-16-18-19-20(11)2/h3-6H,7H2,1-2H3,(H,14,17,21). The number of tetrazole rings is 1. The van der Waals surface area contributed by atoms with E-state index in [-0.39, 0.29) is 12.5 Å². The molecule has 0 bridgehead atoms. The average Bonchev–Trinajstić information content (AvgIpc) is 3.14. The van der Waals surface area contributed by atoms with Crippen LogP contribution in [0.2, 0.25) is 0 Å². The van der Waals surface area contributed by atoms with Crippen molar-refractivity contribution in [3.63, 3.8) is 0 Å². The fourth-order valence-electron chi connectivity index (χ4n) is 1.74. The summed E-state index contributed by atoms with van der Waals surface area (Å²) >= 11 is 1.32. The molecule has 2 aromatic heterocycles. The van der Waals surface area contributed by atoms with Gasteiger partial charge in [0.1, 0.15) is 17.4 Å². The van der Waals surface area contributed by atoms with Crippen molar-refractivity contribution >= 4 is 22.4 Å². The zero-order valence-corrected chi connectivity index (χ0v) is 13.2. The molecule has 3 aromatic rings. The highest BCUT2D eigenvalue weighted by Gasteiger charge is 2.09. The maximum absolute atomic E-state index is 12.1. The summed E-state index contributed by atoms with van der Waals surface area (Å²) in [6.07, 6.45) is 0. The Morgan fingerprint density at radius 1 is 1.26 bits per heavy atom. The zero-order valence-electron chi connectivity index (χ0n) is 12.4. The molecular formula is C13H13N7O2S. The number of rotatable bonds is 5. The molecule has 1 N–H and O–H groups in total. The quantitative estimate of drug-likeness (QED) is 0.748. The highest BCUT2D eigenvalue weighted by Crippen LogP contribution is 2.17. The van der Waals surface area contributed by atoms with Crippen LogP contribution in [0.1, 0.15) is 21.2 Å². The molecule has 0 saturated heterocycles. The van der Waals surface area contributed by atoms with Gasteiger partial charge in [0.25, 0.3) is 5.91 Å². The average molecular weight is 331 g/mol. The van der Waals surface area contributed by atoms with Crippen LogP contribution in [0.15, 0.2) is 24.3 Å². The van der Waals surface area contributed by atoms with Gasteiger partial charge in [0.05, 0.1) is 0 Å². The van der Waals surface area contributed by atoms with E-state index in [1.165, 1.54) is 16.0 Å². The van der Waals surface area contributed by atoms with E-state index in [1.54, 1.807) is 31.3 Å². The molecule has 2 heterocycles. The second-order valence-corrected chi connectivity index (χ2v) is 5.79. The molecule has 0 spiro atoms. The first kappa shape index (κ1) is 15.0. The lowest BCUT2D eigenvalue weighted by atomic mass is 10.2. The number of hydrogen-bond donors (Lipinski definition) is 1. The normalized spacial score (nSPS) is 10.5. The maximum Gasteiger partial charge on any atom is 0.257 e. The number of hydrogen-bond acceptors (Lipinski definition) is 8. The van der Waals surface area contributed by atoms with Crippen LogP contribution in [0.25, 0.3) is 0 Å². The lowest BCUT2D eigenvalue weighted by molar-refractivity contribution is 0.102. The smallest absolute Gasteiger partial charge is 0.257 e. The van der Waals surface area contributed by atoms with E-state index in [1.807, 2.05) is 6.92 Å². The van der Waals surface area contributed by atoms with Crippen molar-refractivity contribution in [1.82, 2.24) is 30.4 Å². The van der Waals surface area contributed by atoms with Gasteiger partial charge in [0.2, 0.25) is 5.13 Å². The fraction of sp³-hybridized carbons (Fsp3) is 0.231. The van der Waals surface area contributed by atoms with Crippen molar-refractivity contribution in [2.24, 2.45) is 7.05 Å². The Labute approximate surface area is 135 Å². The van der Waals surface area contributed by atoms with Gasteiger partial charge in [-0.25, -0.2) is 4.68 Å². The maximum atomic E-state index is 12.1. The minimum atomic E-state index is -0.245. The van der Waals surface area contributed by atoms with Gasteiger partial charge in [-0.05, 0) is 41.6 Å². The van der Waals surface area contributed by atoms with Crippen LogP contribution in [-0.2, 0) is 13.7 Å². The van der Waals surface area contributed by atoms with Crippen molar-refractivity contribution in [2.45, 2.75) is 13.5 Å². The molecule has 0 aliphatic heterocycles. The summed E-state index contributed by atoms with van der Waals surface area (Å²) in [6, 6.07) is 6.77. The lowest BCUT2D eigenvalue weighted by Gasteiger charge is -2.06. The van der Waals surface area contributed by atoms with Crippen LogP contribution >= 0.6 is 11.3 Å². The summed E-state index contributed by atoms with van der Waals surface area (Å²) in [7, 11) is 1.74. The number of ether oxygens (including phenoxy) is 1. The lowest BCUT2D eigenvalue weighted by Crippen LogP contribution is -2.11. The van der Waals surface area contributed by atoms with Gasteiger partial charge >= 0.3 is 0 Å². The van der Waals surface area contributed by atoms with Crippen LogP contribution in [0.5, 0.6) is 5.75 Å². The third-order valence-electron chi connectivity index (χ3n) is 2.94. The van der Waals surface area contributed by atoms with E-state index in [2.05, 4.69) is 31.0 Å². The second-order valence-electron chi connectivity index (χ2n) is 4.61. The zero-order chi connectivity index (χ0) is 16.2. The molecule has 0 atom stereocenters. The van der Waals surface area contributed by atoms with E-state index in [9.17, 15) is 4.79 Å². The third-order valence-corrected chi connectivity index (χ3v) is 3.69. The van der Waals surface area contributed by atoms with E-state index in [0.717, 1.165) is 5.01 Å². The Morgan fingerprint density at radius 3 is 2.65 bits per heavy atom. The number of aromatic nitrogens is 6. The first-order valence-electron chi connectivity index (χ1n) is 6.67. The number of benzene rings is 1. The Kier molecular flexibility index (Phi) is 4.24. The number of carbonyl (C=O) groups excluding carboxylic acids is 1. The summed E-state index contributed by atoms with van der Waals surface area (Å²) < 4.78 is 7.11. The predicted octanol–water partition coefficient (Wildman–Crippen LogP) is 1.20. The second kappa shape index (κ2) is 6.48. The van der Waals surface area contributed by atoms with Crippen molar-refractivity contribution < 1.29 is 9.53 Å². The first-order chi connectivity index (χ1) is 11.1. The van der Waals surface area contributed by atoms with Gasteiger partial charge < -0.3 is 4.74 Å². The third kappa shape index (κ3) is 3.66. The molecule has 3 rings (SSSR count). The van der Waals surface area contributed by atoms with Gasteiger partial charge in [-0.3, -0.25) is 10.1 Å². The molecule has 118 valence electrons. The molecule has 0 saturated carbocycles. The van der Waals surface area contributed by atoms with E-state index in [4.69, 9.17) is 4.74 Å². The molecule has 0 unspecified atom stereocenters. The number of amides is 1. The molecule has 0 fully saturated rings. The summed E-state index contributed by atoms with van der Waals surface area (Å²) in [5.41, 5.74) is 0.505. The predicted molar refractivity (Wildman–Crippen MR) is 82.2 cm³/mol. The number of nitrogens with zero attached hydrogens (tertiary/aromatic N) is 6. The summed E-state index contributed by atoms with van der Waals surface area (Å²) in [5.74, 6) is 0.986. The molecule has 10 heteroatoms. The largest absolute Gasteiger partial charge is 0.486 e. The van der Waals surface area contributed by atoms with Crippen LogP contribution in [0.3, 0.4) is 0 Å². The van der Waals surface area contributed by atoms with Crippen LogP contribution in [-0.4, -0.2) is 36.3 Å². The Bertz CT molecular complexity index is 812. The Morgan fingerprint density at radius 2 is 2.04 bits per heavy atom. The van der Waals surface area contributed by atoms with Crippen molar-refractivity contribution in [2.75, 3.05) is 5.32 Å². The Balaban J connectivity index is 1.60. The van der Waals surface area contributed by atoms with E-state index < -0.39 is 0 Å². The highest BCUT2D eigenvalue weighted by molar-refractivity contribution is 7.15. The van der Waals surface area contributed by atoms with Gasteiger partial charge in [-0.1, -0.05) is 11.3 Å². The summed E-state index contributed by atoms with van der Waals surface area (Å²) in [4.78, 5) is 12.1. The van der Waals surface area contributed by atoms with Crippen LogP contribution in [0.4, 0.5) is 5.13 Å². The van der Waals surface area contributed by atoms with Crippen molar-refractivity contribution in [3.05, 3.63) is 40.7 Å². The van der Waals surface area contributed by atoms with Crippen LogP contribution < -0.4 is 10.1 Å². The van der Waals surface area contributed by atoms with Crippen molar-refractivity contribution in [3.8, 4) is 5.75 Å². The van der Waals surface area contributed by atoms with Gasteiger partial charge in [-0.2, -0.15) is 0 Å². The highest BCUT2D eigenvalue weighted by atomic mass is 32.1. The minimum absolute atomic E-state index is 0.245. The molecule has 0 aliphatic carbocycles. The Hall–Kier alpha value is -2.88. The van der Waals surface area contributed by atoms with E-state index >= 15 is 0 Å². The van der Waals surface area contributed by atoms with E-state index in [0.29, 0.717) is 22.3 Å². The molecular weight excluding hydrogens is 318 g/mol. The van der Waals surface area contributed by atoms with Crippen molar-refractivity contribution in [1.29, 1.82) is 0 Å². The summed E-state index contributed by atoms with van der Waals surface area (Å²) in [5, 5.41) is 22.7. The first-order valence-corrected chi connectivity index (χ1v) is 7.49. The number of carbonyl (C=O) groups is 1. The van der Waals surface area contributed by atoms with Gasteiger partial charge in [0, 0.05) is 12.6 Å². The topological polar surface area (TPSA) is 108 Å². The molecule has 1 amide bonds. The van der Waals surface area contributed by atoms with Gasteiger partial charge in [-0.15, -0.1) is 15.3 Å². The molecule has 9 nitrogen and oxygen atoms in total. The minimum Gasteiger partial charge on any atom is -0.486 e. The number of nitrogens with one attached hydrogen (secondary N) is 1. The number of anilines is 1. The number of aryl methyl sites for hydroxylation is 2. The van der Waals surface area contributed by atoms with Crippen LogP contribution in [0, 0.1) is 6.92 Å². The molecule has 0 radical (unpaired) electrons. The molecule has 23 heavy (non-hydrogen) atoms.